The highest BCUT2D eigenvalue weighted by Crippen LogP contribution is 2.15. The average molecular weight is 228 g/mol. The van der Waals surface area contributed by atoms with Crippen LogP contribution in [0, 0.1) is 0 Å². The molecular weight excluding hydrogens is 216 g/mol. The second-order valence-electron chi connectivity index (χ2n) is 3.86. The number of aromatic nitrogens is 4. The molecule has 0 spiro atoms. The molecule has 1 aromatic carbocycles. The van der Waals surface area contributed by atoms with Gasteiger partial charge < -0.3 is 5.32 Å². The molecule has 1 aromatic heterocycles. The van der Waals surface area contributed by atoms with E-state index >= 15 is 0 Å². The number of amidine groups is 1. The maximum absolute atomic E-state index is 4.38. The molecule has 1 aliphatic rings. The van der Waals surface area contributed by atoms with Gasteiger partial charge in [0.25, 0.3) is 0 Å². The molecule has 0 saturated carbocycles. The third kappa shape index (κ3) is 2.15. The Bertz CT molecular complexity index is 531. The number of aliphatic imine (C=N–C) groups is 1. The zero-order chi connectivity index (χ0) is 11.5. The maximum atomic E-state index is 4.38. The standard InChI is InChI=1S/C11H12N6/c1-3-9(14-11-5-2-6-12-11)7-10(4-1)17-8-13-15-16-17/h1,3-4,7-8H,2,5-6H2,(H,12,14). The van der Waals surface area contributed by atoms with Gasteiger partial charge in [0.05, 0.1) is 5.69 Å². The van der Waals surface area contributed by atoms with Crippen LogP contribution in [0.1, 0.15) is 12.8 Å². The SMILES string of the molecule is c1cc(NC2=NCCC2)cc(-n2cnnn2)c1. The average Bonchev–Trinajstić information content (AvgIpc) is 3.01. The van der Waals surface area contributed by atoms with Gasteiger partial charge in [0.1, 0.15) is 12.2 Å². The molecule has 6 heteroatoms. The quantitative estimate of drug-likeness (QED) is 0.840. The molecule has 0 saturated heterocycles. The first-order valence-electron chi connectivity index (χ1n) is 5.55. The molecule has 6 nitrogen and oxygen atoms in total. The van der Waals surface area contributed by atoms with Crippen LogP contribution in [0.25, 0.3) is 5.69 Å². The van der Waals surface area contributed by atoms with E-state index in [0.29, 0.717) is 0 Å². The number of nitrogens with zero attached hydrogens (tertiary/aromatic N) is 5. The van der Waals surface area contributed by atoms with E-state index in [1.165, 1.54) is 0 Å². The molecule has 17 heavy (non-hydrogen) atoms. The number of tetrazole rings is 1. The summed E-state index contributed by atoms with van der Waals surface area (Å²) in [6.45, 7) is 0.926. The van der Waals surface area contributed by atoms with Crippen LogP contribution in [0.2, 0.25) is 0 Å². The van der Waals surface area contributed by atoms with Crippen LogP contribution < -0.4 is 5.32 Å². The van der Waals surface area contributed by atoms with E-state index in [1.807, 2.05) is 24.3 Å². The van der Waals surface area contributed by atoms with Gasteiger partial charge in [-0.1, -0.05) is 6.07 Å². The first-order valence-corrected chi connectivity index (χ1v) is 5.55. The largest absolute Gasteiger partial charge is 0.344 e. The molecule has 0 unspecified atom stereocenters. The molecule has 86 valence electrons. The van der Waals surface area contributed by atoms with Gasteiger partial charge in [-0.3, -0.25) is 4.99 Å². The second kappa shape index (κ2) is 4.32. The van der Waals surface area contributed by atoms with Gasteiger partial charge in [-0.05, 0) is 35.0 Å². The highest BCUT2D eigenvalue weighted by molar-refractivity contribution is 5.96. The van der Waals surface area contributed by atoms with Crippen molar-refractivity contribution in [3.8, 4) is 5.69 Å². The Hall–Kier alpha value is -2.24. The smallest absolute Gasteiger partial charge is 0.143 e. The summed E-state index contributed by atoms with van der Waals surface area (Å²) in [4.78, 5) is 4.38. The summed E-state index contributed by atoms with van der Waals surface area (Å²) < 4.78 is 1.63. The number of nitrogens with one attached hydrogen (secondary N) is 1. The molecule has 0 atom stereocenters. The van der Waals surface area contributed by atoms with Crippen molar-refractivity contribution < 1.29 is 0 Å². The molecule has 1 N–H and O–H groups in total. The van der Waals surface area contributed by atoms with Crippen molar-refractivity contribution in [2.24, 2.45) is 4.99 Å². The fourth-order valence-electron chi connectivity index (χ4n) is 1.81. The van der Waals surface area contributed by atoms with Gasteiger partial charge in [0.15, 0.2) is 0 Å². The molecule has 3 rings (SSSR count). The zero-order valence-electron chi connectivity index (χ0n) is 9.24. The summed E-state index contributed by atoms with van der Waals surface area (Å²) in [5.74, 6) is 1.05. The third-order valence-electron chi connectivity index (χ3n) is 2.62. The molecule has 0 fully saturated rings. The third-order valence-corrected chi connectivity index (χ3v) is 2.62. The monoisotopic (exact) mass is 228 g/mol. The fourth-order valence-corrected chi connectivity index (χ4v) is 1.81. The predicted molar refractivity (Wildman–Crippen MR) is 64.3 cm³/mol. The number of benzene rings is 1. The lowest BCUT2D eigenvalue weighted by Gasteiger charge is -2.07. The summed E-state index contributed by atoms with van der Waals surface area (Å²) in [5, 5.41) is 14.4. The summed E-state index contributed by atoms with van der Waals surface area (Å²) in [7, 11) is 0. The van der Waals surface area contributed by atoms with Crippen LogP contribution in [-0.4, -0.2) is 32.6 Å². The normalized spacial score (nSPS) is 14.7. The van der Waals surface area contributed by atoms with Crippen molar-refractivity contribution in [1.29, 1.82) is 0 Å². The minimum absolute atomic E-state index is 0.926. The van der Waals surface area contributed by atoms with Crippen molar-refractivity contribution >= 4 is 11.5 Å². The predicted octanol–water partition coefficient (Wildman–Crippen LogP) is 1.27. The van der Waals surface area contributed by atoms with E-state index in [0.717, 1.165) is 36.6 Å². The van der Waals surface area contributed by atoms with Gasteiger partial charge in [-0.2, -0.15) is 0 Å². The molecule has 1 aliphatic heterocycles. The van der Waals surface area contributed by atoms with Crippen LogP contribution in [0.5, 0.6) is 0 Å². The zero-order valence-corrected chi connectivity index (χ0v) is 9.24. The van der Waals surface area contributed by atoms with Crippen molar-refractivity contribution in [3.05, 3.63) is 30.6 Å². The van der Waals surface area contributed by atoms with Crippen LogP contribution in [0.15, 0.2) is 35.6 Å². The van der Waals surface area contributed by atoms with Gasteiger partial charge in [-0.25, -0.2) is 4.68 Å². The highest BCUT2D eigenvalue weighted by atomic mass is 15.5. The molecular formula is C11H12N6. The van der Waals surface area contributed by atoms with Crippen molar-refractivity contribution in [3.63, 3.8) is 0 Å². The Morgan fingerprint density at radius 3 is 3.06 bits per heavy atom. The van der Waals surface area contributed by atoms with E-state index in [1.54, 1.807) is 11.0 Å². The van der Waals surface area contributed by atoms with Gasteiger partial charge in [0, 0.05) is 18.7 Å². The molecule has 0 bridgehead atoms. The Morgan fingerprint density at radius 2 is 2.29 bits per heavy atom. The lowest BCUT2D eigenvalue weighted by Crippen LogP contribution is -2.08. The summed E-state index contributed by atoms with van der Waals surface area (Å²) >= 11 is 0. The lowest BCUT2D eigenvalue weighted by molar-refractivity contribution is 0.789. The highest BCUT2D eigenvalue weighted by Gasteiger charge is 2.06. The van der Waals surface area contributed by atoms with E-state index in [-0.39, 0.29) is 0 Å². The minimum atomic E-state index is 0.926. The lowest BCUT2D eigenvalue weighted by atomic mass is 10.2. The number of rotatable bonds is 2. The van der Waals surface area contributed by atoms with Gasteiger partial charge in [-0.15, -0.1) is 5.10 Å². The van der Waals surface area contributed by atoms with Crippen LogP contribution >= 0.6 is 0 Å². The van der Waals surface area contributed by atoms with Crippen molar-refractivity contribution in [2.75, 3.05) is 11.9 Å². The Labute approximate surface area is 98.4 Å². The van der Waals surface area contributed by atoms with Crippen molar-refractivity contribution in [2.45, 2.75) is 12.8 Å². The molecule has 0 radical (unpaired) electrons. The maximum Gasteiger partial charge on any atom is 0.143 e. The Kier molecular flexibility index (Phi) is 2.53. The first-order chi connectivity index (χ1) is 8.42. The molecule has 2 aromatic rings. The van der Waals surface area contributed by atoms with Crippen LogP contribution in [0.3, 0.4) is 0 Å². The Balaban J connectivity index is 1.84. The summed E-state index contributed by atoms with van der Waals surface area (Å²) in [6, 6.07) is 7.93. The van der Waals surface area contributed by atoms with E-state index in [4.69, 9.17) is 0 Å². The minimum Gasteiger partial charge on any atom is -0.344 e. The van der Waals surface area contributed by atoms with E-state index in [2.05, 4.69) is 25.8 Å². The number of anilines is 1. The Morgan fingerprint density at radius 1 is 1.29 bits per heavy atom. The van der Waals surface area contributed by atoms with Crippen LogP contribution in [-0.2, 0) is 0 Å². The molecule has 0 aliphatic carbocycles. The first kappa shape index (κ1) is 9.95. The topological polar surface area (TPSA) is 68.0 Å². The molecule has 2 heterocycles. The summed E-state index contributed by atoms with van der Waals surface area (Å²) in [5.41, 5.74) is 1.94. The van der Waals surface area contributed by atoms with Gasteiger partial charge >= 0.3 is 0 Å². The number of hydrogen-bond donors (Lipinski definition) is 1. The van der Waals surface area contributed by atoms with Crippen LogP contribution in [0.4, 0.5) is 5.69 Å². The van der Waals surface area contributed by atoms with E-state index < -0.39 is 0 Å². The summed E-state index contributed by atoms with van der Waals surface area (Å²) in [6.07, 6.45) is 3.73. The van der Waals surface area contributed by atoms with Gasteiger partial charge in [0.2, 0.25) is 0 Å². The fraction of sp³-hybridized carbons (Fsp3) is 0.273. The van der Waals surface area contributed by atoms with Crippen molar-refractivity contribution in [1.82, 2.24) is 20.2 Å². The second-order valence-corrected chi connectivity index (χ2v) is 3.86. The molecule has 0 amide bonds. The number of hydrogen-bond acceptors (Lipinski definition) is 5. The van der Waals surface area contributed by atoms with E-state index in [9.17, 15) is 0 Å².